The van der Waals surface area contributed by atoms with Crippen molar-refractivity contribution in [2.24, 2.45) is 0 Å². The molecule has 1 aromatic rings. The summed E-state index contributed by atoms with van der Waals surface area (Å²) in [6.07, 6.45) is 1.43. The maximum absolute atomic E-state index is 13.0. The highest BCUT2D eigenvalue weighted by Gasteiger charge is 2.47. The third kappa shape index (κ3) is 3.54. The summed E-state index contributed by atoms with van der Waals surface area (Å²) in [5.41, 5.74) is 0.424. The number of nitrogens with zero attached hydrogens (tertiary/aromatic N) is 3. The molecule has 3 rings (SSSR count). The SMILES string of the molecule is COCC(=O)N1CCC2(CC1)SCCN2C(=O)c1ccc([N+](=O)[O-])cc1. The Kier molecular flexibility index (Phi) is 5.47. The lowest BCUT2D eigenvalue weighted by molar-refractivity contribution is -0.384. The Morgan fingerprint density at radius 3 is 2.46 bits per heavy atom. The molecule has 0 bridgehead atoms. The van der Waals surface area contributed by atoms with Crippen molar-refractivity contribution in [2.75, 3.05) is 39.1 Å². The number of thioether (sulfide) groups is 1. The van der Waals surface area contributed by atoms with Crippen molar-refractivity contribution in [1.29, 1.82) is 0 Å². The number of nitro groups is 1. The highest BCUT2D eigenvalue weighted by Crippen LogP contribution is 2.44. The second-order valence-corrected chi connectivity index (χ2v) is 7.83. The fourth-order valence-electron chi connectivity index (χ4n) is 3.51. The van der Waals surface area contributed by atoms with Gasteiger partial charge in [0, 0.05) is 50.2 Å². The maximum Gasteiger partial charge on any atom is 0.269 e. The molecular formula is C17H21N3O5S. The summed E-state index contributed by atoms with van der Waals surface area (Å²) in [6, 6.07) is 5.73. The van der Waals surface area contributed by atoms with Crippen molar-refractivity contribution in [3.63, 3.8) is 0 Å². The lowest BCUT2D eigenvalue weighted by Crippen LogP contribution is -2.54. The van der Waals surface area contributed by atoms with Crippen molar-refractivity contribution < 1.29 is 19.2 Å². The second-order valence-electron chi connectivity index (χ2n) is 6.37. The molecule has 0 saturated carbocycles. The first-order valence-corrected chi connectivity index (χ1v) is 9.42. The van der Waals surface area contributed by atoms with Crippen LogP contribution in [0.3, 0.4) is 0 Å². The third-order valence-corrected chi connectivity index (χ3v) is 6.47. The highest BCUT2D eigenvalue weighted by atomic mass is 32.2. The fraction of sp³-hybridized carbons (Fsp3) is 0.529. The minimum atomic E-state index is -0.478. The Hall–Kier alpha value is -2.13. The molecule has 2 fully saturated rings. The number of non-ortho nitro benzene ring substituents is 1. The van der Waals surface area contributed by atoms with Gasteiger partial charge in [0.1, 0.15) is 6.61 Å². The normalized spacial score (nSPS) is 19.0. The van der Waals surface area contributed by atoms with Crippen LogP contribution in [0.25, 0.3) is 0 Å². The van der Waals surface area contributed by atoms with Crippen LogP contribution in [0.2, 0.25) is 0 Å². The van der Waals surface area contributed by atoms with Gasteiger partial charge in [0.25, 0.3) is 11.6 Å². The molecule has 2 aliphatic rings. The summed E-state index contributed by atoms with van der Waals surface area (Å²) in [7, 11) is 1.50. The van der Waals surface area contributed by atoms with Gasteiger partial charge in [-0.05, 0) is 25.0 Å². The monoisotopic (exact) mass is 379 g/mol. The molecule has 2 amide bonds. The number of rotatable bonds is 4. The van der Waals surface area contributed by atoms with Crippen LogP contribution in [-0.4, -0.2) is 70.5 Å². The standard InChI is InChI=1S/C17H21N3O5S/c1-25-12-15(21)18-8-6-17(7-9-18)19(10-11-26-17)16(22)13-2-4-14(5-3-13)20(23)24/h2-5H,6-12H2,1H3. The zero-order valence-electron chi connectivity index (χ0n) is 14.6. The molecule has 2 heterocycles. The first-order valence-electron chi connectivity index (χ1n) is 8.44. The van der Waals surface area contributed by atoms with E-state index in [-0.39, 0.29) is 29.0 Å². The molecule has 1 spiro atoms. The van der Waals surface area contributed by atoms with Crippen LogP contribution in [-0.2, 0) is 9.53 Å². The van der Waals surface area contributed by atoms with Gasteiger partial charge in [-0.15, -0.1) is 11.8 Å². The molecule has 26 heavy (non-hydrogen) atoms. The summed E-state index contributed by atoms with van der Waals surface area (Å²) >= 11 is 1.76. The number of likely N-dealkylation sites (tertiary alicyclic amines) is 1. The number of benzene rings is 1. The minimum absolute atomic E-state index is 0.0291. The quantitative estimate of drug-likeness (QED) is 0.584. The Balaban J connectivity index is 1.71. The number of nitro benzene ring substituents is 1. The number of hydrogen-bond donors (Lipinski definition) is 0. The Morgan fingerprint density at radius 2 is 1.88 bits per heavy atom. The Morgan fingerprint density at radius 1 is 1.23 bits per heavy atom. The van der Waals surface area contributed by atoms with E-state index in [0.717, 1.165) is 5.75 Å². The van der Waals surface area contributed by atoms with E-state index in [4.69, 9.17) is 4.74 Å². The predicted molar refractivity (Wildman–Crippen MR) is 97.0 cm³/mol. The average molecular weight is 379 g/mol. The molecule has 0 radical (unpaired) electrons. The van der Waals surface area contributed by atoms with Crippen molar-refractivity contribution in [3.05, 3.63) is 39.9 Å². The molecule has 1 aromatic carbocycles. The third-order valence-electron chi connectivity index (χ3n) is 4.91. The van der Waals surface area contributed by atoms with Crippen LogP contribution < -0.4 is 0 Å². The van der Waals surface area contributed by atoms with Crippen molar-refractivity contribution >= 4 is 29.3 Å². The largest absolute Gasteiger partial charge is 0.375 e. The molecule has 9 heteroatoms. The van der Waals surface area contributed by atoms with Gasteiger partial charge in [-0.3, -0.25) is 19.7 Å². The van der Waals surface area contributed by atoms with Crippen LogP contribution >= 0.6 is 11.8 Å². The number of carbonyl (C=O) groups excluding carboxylic acids is 2. The number of hydrogen-bond acceptors (Lipinski definition) is 6. The molecule has 2 aliphatic heterocycles. The molecule has 0 unspecified atom stereocenters. The van der Waals surface area contributed by atoms with Crippen molar-refractivity contribution in [3.8, 4) is 0 Å². The zero-order valence-corrected chi connectivity index (χ0v) is 15.4. The van der Waals surface area contributed by atoms with E-state index in [0.29, 0.717) is 38.0 Å². The predicted octanol–water partition coefficient (Wildman–Crippen LogP) is 1.75. The minimum Gasteiger partial charge on any atom is -0.375 e. The van der Waals surface area contributed by atoms with E-state index < -0.39 is 4.92 Å². The van der Waals surface area contributed by atoms with E-state index in [2.05, 4.69) is 0 Å². The molecule has 0 aromatic heterocycles. The average Bonchev–Trinajstić information content (AvgIpc) is 3.05. The summed E-state index contributed by atoms with van der Waals surface area (Å²) in [6.45, 7) is 1.91. The van der Waals surface area contributed by atoms with Gasteiger partial charge in [-0.2, -0.15) is 0 Å². The Labute approximate surface area is 155 Å². The zero-order chi connectivity index (χ0) is 18.7. The maximum atomic E-state index is 13.0. The smallest absolute Gasteiger partial charge is 0.269 e. The molecule has 8 nitrogen and oxygen atoms in total. The number of carbonyl (C=O) groups is 2. The van der Waals surface area contributed by atoms with Crippen LogP contribution in [0.4, 0.5) is 5.69 Å². The van der Waals surface area contributed by atoms with Gasteiger partial charge in [0.15, 0.2) is 0 Å². The number of piperidine rings is 1. The molecule has 0 aliphatic carbocycles. The van der Waals surface area contributed by atoms with E-state index in [1.54, 1.807) is 16.7 Å². The first kappa shape index (κ1) is 18.7. The highest BCUT2D eigenvalue weighted by molar-refractivity contribution is 8.00. The van der Waals surface area contributed by atoms with Crippen LogP contribution in [0.15, 0.2) is 24.3 Å². The molecule has 140 valence electrons. The summed E-state index contributed by atoms with van der Waals surface area (Å²) in [5, 5.41) is 10.8. The number of methoxy groups -OCH3 is 1. The summed E-state index contributed by atoms with van der Waals surface area (Å²) in [5.74, 6) is 0.713. The topological polar surface area (TPSA) is 93.0 Å². The molecule has 2 saturated heterocycles. The van der Waals surface area contributed by atoms with Crippen molar-refractivity contribution in [2.45, 2.75) is 17.7 Å². The van der Waals surface area contributed by atoms with Gasteiger partial charge in [0.05, 0.1) is 9.79 Å². The van der Waals surface area contributed by atoms with Crippen molar-refractivity contribution in [1.82, 2.24) is 9.80 Å². The van der Waals surface area contributed by atoms with Crippen LogP contribution in [0, 0.1) is 10.1 Å². The second kappa shape index (κ2) is 7.63. The van der Waals surface area contributed by atoms with Gasteiger partial charge in [-0.1, -0.05) is 0 Å². The lowest BCUT2D eigenvalue weighted by atomic mass is 10.0. The fourth-order valence-corrected chi connectivity index (χ4v) is 4.97. The van der Waals surface area contributed by atoms with E-state index in [1.807, 2.05) is 4.90 Å². The number of amides is 2. The van der Waals surface area contributed by atoms with Crippen LogP contribution in [0.5, 0.6) is 0 Å². The first-order chi connectivity index (χ1) is 12.5. The molecule has 0 N–H and O–H groups in total. The van der Waals surface area contributed by atoms with Gasteiger partial charge < -0.3 is 14.5 Å². The van der Waals surface area contributed by atoms with Gasteiger partial charge in [-0.25, -0.2) is 0 Å². The Bertz CT molecular complexity index is 701. The van der Waals surface area contributed by atoms with E-state index >= 15 is 0 Å². The summed E-state index contributed by atoms with van der Waals surface area (Å²) < 4.78 is 4.91. The van der Waals surface area contributed by atoms with Crippen LogP contribution in [0.1, 0.15) is 23.2 Å². The summed E-state index contributed by atoms with van der Waals surface area (Å²) in [4.78, 5) is 38.6. The van der Waals surface area contributed by atoms with Gasteiger partial charge >= 0.3 is 0 Å². The van der Waals surface area contributed by atoms with Gasteiger partial charge in [0.2, 0.25) is 5.91 Å². The van der Waals surface area contributed by atoms with E-state index in [1.165, 1.54) is 31.4 Å². The number of ether oxygens (including phenoxy) is 1. The molecule has 0 atom stereocenters. The molecular weight excluding hydrogens is 358 g/mol. The van der Waals surface area contributed by atoms with E-state index in [9.17, 15) is 19.7 Å². The lowest BCUT2D eigenvalue weighted by Gasteiger charge is -2.44.